The van der Waals surface area contributed by atoms with Gasteiger partial charge in [-0.3, -0.25) is 4.79 Å². The molecule has 0 saturated carbocycles. The van der Waals surface area contributed by atoms with E-state index in [1.54, 1.807) is 6.07 Å². The van der Waals surface area contributed by atoms with Gasteiger partial charge in [-0.2, -0.15) is 5.26 Å². The van der Waals surface area contributed by atoms with Crippen molar-refractivity contribution in [2.45, 2.75) is 39.2 Å². The van der Waals surface area contributed by atoms with E-state index in [1.807, 2.05) is 32.9 Å². The van der Waals surface area contributed by atoms with Gasteiger partial charge in [-0.15, -0.1) is 0 Å². The first-order valence-corrected chi connectivity index (χ1v) is 6.77. The molecule has 3 nitrogen and oxygen atoms in total. The molecule has 0 aromatic heterocycles. The fourth-order valence-corrected chi connectivity index (χ4v) is 2.10. The minimum atomic E-state index is -0.772. The normalized spacial score (nSPS) is 10.8. The topological polar surface area (TPSA) is 52.9 Å². The molecule has 0 fully saturated rings. The molecule has 0 aliphatic heterocycles. The predicted molar refractivity (Wildman–Crippen MR) is 75.3 cm³/mol. The molecule has 96 valence electrons. The third-order valence-corrected chi connectivity index (χ3v) is 3.71. The number of benzene rings is 1. The first-order valence-electron chi connectivity index (χ1n) is 5.98. The Balaban J connectivity index is 3.02. The lowest BCUT2D eigenvalue weighted by Gasteiger charge is -2.25. The summed E-state index contributed by atoms with van der Waals surface area (Å²) in [6.07, 6.45) is 1.19. The van der Waals surface area contributed by atoms with Crippen LogP contribution in [0.25, 0.3) is 0 Å². The Morgan fingerprint density at radius 3 is 2.56 bits per heavy atom. The van der Waals surface area contributed by atoms with Crippen LogP contribution in [0.5, 0.6) is 0 Å². The molecular formula is C14H17BrN2O. The number of amides is 1. The predicted octanol–water partition coefficient (Wildman–Crippen LogP) is 3.57. The lowest BCUT2D eigenvalue weighted by atomic mass is 9.94. The van der Waals surface area contributed by atoms with Crippen molar-refractivity contribution in [3.63, 3.8) is 0 Å². The summed E-state index contributed by atoms with van der Waals surface area (Å²) in [7, 11) is 0. The highest BCUT2D eigenvalue weighted by Crippen LogP contribution is 2.19. The van der Waals surface area contributed by atoms with Crippen LogP contribution in [0.15, 0.2) is 22.7 Å². The second-order valence-electron chi connectivity index (χ2n) is 4.31. The number of halogens is 1. The van der Waals surface area contributed by atoms with Crippen molar-refractivity contribution in [3.05, 3.63) is 33.8 Å². The summed E-state index contributed by atoms with van der Waals surface area (Å²) in [5.41, 5.74) is 0.729. The van der Waals surface area contributed by atoms with Crippen molar-refractivity contribution in [2.24, 2.45) is 0 Å². The Morgan fingerprint density at radius 2 is 2.06 bits per heavy atom. The lowest BCUT2D eigenvalue weighted by molar-refractivity contribution is 0.0915. The van der Waals surface area contributed by atoms with Crippen LogP contribution in [0, 0.1) is 18.3 Å². The number of rotatable bonds is 4. The Bertz CT molecular complexity index is 487. The van der Waals surface area contributed by atoms with E-state index in [9.17, 15) is 10.1 Å². The number of nitrogens with zero attached hydrogens (tertiary/aromatic N) is 1. The Morgan fingerprint density at radius 1 is 1.44 bits per heavy atom. The number of hydrogen-bond acceptors (Lipinski definition) is 2. The number of nitriles is 1. The van der Waals surface area contributed by atoms with Crippen molar-refractivity contribution < 1.29 is 4.79 Å². The smallest absolute Gasteiger partial charge is 0.252 e. The Hall–Kier alpha value is -1.34. The molecule has 0 unspecified atom stereocenters. The molecule has 1 aromatic rings. The van der Waals surface area contributed by atoms with Gasteiger partial charge in [0.2, 0.25) is 0 Å². The first-order chi connectivity index (χ1) is 8.48. The van der Waals surface area contributed by atoms with Gasteiger partial charge in [0.15, 0.2) is 0 Å². The van der Waals surface area contributed by atoms with Gasteiger partial charge in [0.25, 0.3) is 5.91 Å². The Kier molecular flexibility index (Phi) is 4.92. The molecule has 1 aromatic carbocycles. The maximum absolute atomic E-state index is 12.2. The zero-order valence-corrected chi connectivity index (χ0v) is 12.5. The molecular weight excluding hydrogens is 292 g/mol. The maximum atomic E-state index is 12.2. The van der Waals surface area contributed by atoms with Gasteiger partial charge >= 0.3 is 0 Å². The van der Waals surface area contributed by atoms with Crippen LogP contribution in [0.2, 0.25) is 0 Å². The largest absolute Gasteiger partial charge is 0.334 e. The van der Waals surface area contributed by atoms with Gasteiger partial charge in [0.1, 0.15) is 5.54 Å². The SMILES string of the molecule is CCC(C#N)(CC)NC(=O)c1cc(Br)ccc1C. The van der Waals surface area contributed by atoms with E-state index in [2.05, 4.69) is 27.3 Å². The average Bonchev–Trinajstić information content (AvgIpc) is 2.38. The highest BCUT2D eigenvalue weighted by molar-refractivity contribution is 9.10. The maximum Gasteiger partial charge on any atom is 0.252 e. The zero-order valence-electron chi connectivity index (χ0n) is 10.9. The standard InChI is InChI=1S/C14H17BrN2O/c1-4-14(5-2,9-16)17-13(18)12-8-11(15)7-6-10(12)3/h6-8H,4-5H2,1-3H3,(H,17,18). The van der Waals surface area contributed by atoms with Crippen molar-refractivity contribution in [1.82, 2.24) is 5.32 Å². The van der Waals surface area contributed by atoms with Gasteiger partial charge in [0, 0.05) is 10.0 Å². The van der Waals surface area contributed by atoms with E-state index in [0.29, 0.717) is 18.4 Å². The van der Waals surface area contributed by atoms with Crippen LogP contribution in [0.1, 0.15) is 42.6 Å². The van der Waals surface area contributed by atoms with Crippen LogP contribution in [0.4, 0.5) is 0 Å². The average molecular weight is 309 g/mol. The number of nitrogens with one attached hydrogen (secondary N) is 1. The number of carbonyl (C=O) groups excluding carboxylic acids is 1. The molecule has 1 rings (SSSR count). The van der Waals surface area contributed by atoms with E-state index in [1.165, 1.54) is 0 Å². The van der Waals surface area contributed by atoms with Crippen molar-refractivity contribution in [2.75, 3.05) is 0 Å². The molecule has 0 aliphatic carbocycles. The number of hydrogen-bond donors (Lipinski definition) is 1. The quantitative estimate of drug-likeness (QED) is 0.924. The summed E-state index contributed by atoms with van der Waals surface area (Å²) in [6.45, 7) is 5.69. The van der Waals surface area contributed by atoms with Crippen LogP contribution in [-0.2, 0) is 0 Å². The highest BCUT2D eigenvalue weighted by atomic mass is 79.9. The highest BCUT2D eigenvalue weighted by Gasteiger charge is 2.28. The molecule has 18 heavy (non-hydrogen) atoms. The second-order valence-corrected chi connectivity index (χ2v) is 5.23. The van der Waals surface area contributed by atoms with Gasteiger partial charge in [-0.25, -0.2) is 0 Å². The van der Waals surface area contributed by atoms with Gasteiger partial charge in [-0.05, 0) is 37.5 Å². The fourth-order valence-electron chi connectivity index (χ4n) is 1.74. The van der Waals surface area contributed by atoms with E-state index in [0.717, 1.165) is 10.0 Å². The van der Waals surface area contributed by atoms with Gasteiger partial charge in [0.05, 0.1) is 6.07 Å². The van der Waals surface area contributed by atoms with Crippen LogP contribution >= 0.6 is 15.9 Å². The molecule has 0 radical (unpaired) electrons. The number of carbonyl (C=O) groups is 1. The Labute approximate surface area is 116 Å². The molecule has 4 heteroatoms. The summed E-state index contributed by atoms with van der Waals surface area (Å²) < 4.78 is 0.855. The summed E-state index contributed by atoms with van der Waals surface area (Å²) in [4.78, 5) is 12.2. The zero-order chi connectivity index (χ0) is 13.8. The molecule has 0 heterocycles. The van der Waals surface area contributed by atoms with E-state index < -0.39 is 5.54 Å². The van der Waals surface area contributed by atoms with E-state index in [4.69, 9.17) is 0 Å². The van der Waals surface area contributed by atoms with Crippen molar-refractivity contribution in [3.8, 4) is 6.07 Å². The van der Waals surface area contributed by atoms with Crippen LogP contribution in [-0.4, -0.2) is 11.4 Å². The molecule has 0 aliphatic rings. The minimum Gasteiger partial charge on any atom is -0.334 e. The van der Waals surface area contributed by atoms with E-state index in [-0.39, 0.29) is 5.91 Å². The monoisotopic (exact) mass is 308 g/mol. The van der Waals surface area contributed by atoms with Crippen molar-refractivity contribution in [1.29, 1.82) is 5.26 Å². The molecule has 0 spiro atoms. The molecule has 1 N–H and O–H groups in total. The molecule has 1 amide bonds. The number of aryl methyl sites for hydroxylation is 1. The van der Waals surface area contributed by atoms with Crippen LogP contribution < -0.4 is 5.32 Å². The molecule has 0 atom stereocenters. The second kappa shape index (κ2) is 6.01. The summed E-state index contributed by atoms with van der Waals surface area (Å²) >= 11 is 3.35. The third-order valence-electron chi connectivity index (χ3n) is 3.22. The molecule has 0 bridgehead atoms. The summed E-state index contributed by atoms with van der Waals surface area (Å²) in [5.74, 6) is -0.195. The first kappa shape index (κ1) is 14.7. The van der Waals surface area contributed by atoms with Crippen molar-refractivity contribution >= 4 is 21.8 Å². The minimum absolute atomic E-state index is 0.195. The summed E-state index contributed by atoms with van der Waals surface area (Å²) in [6, 6.07) is 7.75. The van der Waals surface area contributed by atoms with E-state index >= 15 is 0 Å². The fraction of sp³-hybridized carbons (Fsp3) is 0.429. The third kappa shape index (κ3) is 3.11. The lowest BCUT2D eigenvalue weighted by Crippen LogP contribution is -2.46. The van der Waals surface area contributed by atoms with Gasteiger partial charge in [-0.1, -0.05) is 35.8 Å². The summed E-state index contributed by atoms with van der Waals surface area (Å²) in [5, 5.41) is 12.1. The molecule has 0 saturated heterocycles. The van der Waals surface area contributed by atoms with Crippen LogP contribution in [0.3, 0.4) is 0 Å². The van der Waals surface area contributed by atoms with Gasteiger partial charge < -0.3 is 5.32 Å².